The SMILES string of the molecule is O=C(Nc1cn[nH]n1)c1ccc(C2CCC2)nc1. The molecule has 0 aliphatic heterocycles. The molecule has 3 rings (SSSR count). The second kappa shape index (κ2) is 4.56. The van der Waals surface area contributed by atoms with E-state index >= 15 is 0 Å². The van der Waals surface area contributed by atoms with Gasteiger partial charge in [0.2, 0.25) is 0 Å². The van der Waals surface area contributed by atoms with Crippen LogP contribution in [0, 0.1) is 0 Å². The Kier molecular flexibility index (Phi) is 2.76. The lowest BCUT2D eigenvalue weighted by molar-refractivity contribution is 0.102. The van der Waals surface area contributed by atoms with Gasteiger partial charge in [0.1, 0.15) is 0 Å². The van der Waals surface area contributed by atoms with E-state index in [4.69, 9.17) is 0 Å². The number of carbonyl (C=O) groups is 1. The molecule has 2 aromatic heterocycles. The summed E-state index contributed by atoms with van der Waals surface area (Å²) in [4.78, 5) is 16.2. The lowest BCUT2D eigenvalue weighted by Crippen LogP contribution is -2.14. The fraction of sp³-hybridized carbons (Fsp3) is 0.333. The Balaban J connectivity index is 1.70. The molecule has 1 fully saturated rings. The number of amides is 1. The molecule has 18 heavy (non-hydrogen) atoms. The molecule has 0 spiro atoms. The van der Waals surface area contributed by atoms with Crippen molar-refractivity contribution in [3.63, 3.8) is 0 Å². The van der Waals surface area contributed by atoms with Gasteiger partial charge in [0.25, 0.3) is 5.91 Å². The number of aromatic nitrogens is 4. The molecule has 2 aromatic rings. The third-order valence-corrected chi connectivity index (χ3v) is 3.23. The number of pyridine rings is 1. The number of hydrogen-bond acceptors (Lipinski definition) is 4. The number of anilines is 1. The van der Waals surface area contributed by atoms with Crippen LogP contribution in [-0.2, 0) is 0 Å². The van der Waals surface area contributed by atoms with Gasteiger partial charge >= 0.3 is 0 Å². The first-order valence-electron chi connectivity index (χ1n) is 5.96. The average Bonchev–Trinajstić information content (AvgIpc) is 2.80. The summed E-state index contributed by atoms with van der Waals surface area (Å²) in [6, 6.07) is 3.73. The van der Waals surface area contributed by atoms with E-state index in [1.54, 1.807) is 12.3 Å². The smallest absolute Gasteiger partial charge is 0.258 e. The molecule has 6 nitrogen and oxygen atoms in total. The Labute approximate surface area is 104 Å². The summed E-state index contributed by atoms with van der Waals surface area (Å²) in [6.07, 6.45) is 6.76. The van der Waals surface area contributed by atoms with E-state index < -0.39 is 0 Å². The summed E-state index contributed by atoms with van der Waals surface area (Å²) in [5.41, 5.74) is 1.61. The standard InChI is InChI=1S/C12H13N5O/c18-12(15-11-7-14-17-16-11)9-4-5-10(13-6-9)8-2-1-3-8/h4-8H,1-3H2,(H2,14,15,16,17,18). The van der Waals surface area contributed by atoms with Crippen molar-refractivity contribution in [1.29, 1.82) is 0 Å². The highest BCUT2D eigenvalue weighted by Crippen LogP contribution is 2.34. The Morgan fingerprint density at radius 3 is 2.78 bits per heavy atom. The quantitative estimate of drug-likeness (QED) is 0.859. The van der Waals surface area contributed by atoms with Crippen LogP contribution in [0.5, 0.6) is 0 Å². The molecule has 0 bridgehead atoms. The molecule has 0 atom stereocenters. The van der Waals surface area contributed by atoms with Crippen LogP contribution in [0.2, 0.25) is 0 Å². The van der Waals surface area contributed by atoms with Crippen molar-refractivity contribution >= 4 is 11.7 Å². The summed E-state index contributed by atoms with van der Waals surface area (Å²) in [6.45, 7) is 0. The van der Waals surface area contributed by atoms with Gasteiger partial charge in [-0.2, -0.15) is 10.3 Å². The summed E-state index contributed by atoms with van der Waals surface area (Å²) in [7, 11) is 0. The molecule has 1 amide bonds. The topological polar surface area (TPSA) is 83.6 Å². The van der Waals surface area contributed by atoms with Gasteiger partial charge in [-0.25, -0.2) is 0 Å². The molecule has 1 saturated carbocycles. The Bertz CT molecular complexity index is 530. The molecule has 1 aliphatic carbocycles. The summed E-state index contributed by atoms with van der Waals surface area (Å²) < 4.78 is 0. The Hall–Kier alpha value is -2.24. The monoisotopic (exact) mass is 243 g/mol. The van der Waals surface area contributed by atoms with E-state index in [9.17, 15) is 4.79 Å². The normalized spacial score (nSPS) is 15.1. The lowest BCUT2D eigenvalue weighted by atomic mass is 9.82. The zero-order valence-electron chi connectivity index (χ0n) is 9.76. The molecular weight excluding hydrogens is 230 g/mol. The molecule has 0 saturated heterocycles. The first kappa shape index (κ1) is 10.9. The molecular formula is C12H13N5O. The van der Waals surface area contributed by atoms with E-state index in [0.29, 0.717) is 17.3 Å². The number of aromatic amines is 1. The van der Waals surface area contributed by atoms with Crippen molar-refractivity contribution in [2.24, 2.45) is 0 Å². The van der Waals surface area contributed by atoms with E-state index in [1.165, 1.54) is 25.5 Å². The van der Waals surface area contributed by atoms with Crippen LogP contribution in [0.25, 0.3) is 0 Å². The van der Waals surface area contributed by atoms with Gasteiger partial charge in [0.05, 0.1) is 11.8 Å². The Morgan fingerprint density at radius 1 is 1.33 bits per heavy atom. The highest BCUT2D eigenvalue weighted by Gasteiger charge is 2.20. The minimum atomic E-state index is -0.225. The summed E-state index contributed by atoms with van der Waals surface area (Å²) >= 11 is 0. The second-order valence-electron chi connectivity index (χ2n) is 4.41. The third kappa shape index (κ3) is 2.09. The largest absolute Gasteiger partial charge is 0.304 e. The highest BCUT2D eigenvalue weighted by atomic mass is 16.1. The minimum Gasteiger partial charge on any atom is -0.304 e. The molecule has 2 heterocycles. The molecule has 0 radical (unpaired) electrons. The number of hydrogen-bond donors (Lipinski definition) is 2. The maximum absolute atomic E-state index is 11.8. The molecule has 1 aliphatic rings. The molecule has 6 heteroatoms. The zero-order chi connectivity index (χ0) is 12.4. The number of nitrogens with zero attached hydrogens (tertiary/aromatic N) is 3. The fourth-order valence-electron chi connectivity index (χ4n) is 1.94. The Morgan fingerprint density at radius 2 is 2.22 bits per heavy atom. The van der Waals surface area contributed by atoms with E-state index in [-0.39, 0.29) is 5.91 Å². The van der Waals surface area contributed by atoms with Crippen molar-refractivity contribution in [3.8, 4) is 0 Å². The van der Waals surface area contributed by atoms with Crippen LogP contribution < -0.4 is 5.32 Å². The van der Waals surface area contributed by atoms with Crippen LogP contribution in [0.15, 0.2) is 24.5 Å². The number of rotatable bonds is 3. The van der Waals surface area contributed by atoms with Gasteiger partial charge < -0.3 is 5.32 Å². The van der Waals surface area contributed by atoms with Gasteiger partial charge in [-0.1, -0.05) is 6.42 Å². The maximum atomic E-state index is 11.8. The van der Waals surface area contributed by atoms with Gasteiger partial charge in [0.15, 0.2) is 5.82 Å². The van der Waals surface area contributed by atoms with Crippen LogP contribution in [0.1, 0.15) is 41.2 Å². The van der Waals surface area contributed by atoms with Gasteiger partial charge in [-0.3, -0.25) is 9.78 Å². The van der Waals surface area contributed by atoms with Crippen molar-refractivity contribution in [2.45, 2.75) is 25.2 Å². The predicted molar refractivity (Wildman–Crippen MR) is 65.2 cm³/mol. The van der Waals surface area contributed by atoms with Crippen molar-refractivity contribution in [3.05, 3.63) is 35.8 Å². The molecule has 92 valence electrons. The average molecular weight is 243 g/mol. The minimum absolute atomic E-state index is 0.225. The number of nitrogens with one attached hydrogen (secondary N) is 2. The summed E-state index contributed by atoms with van der Waals surface area (Å²) in [5.74, 6) is 0.761. The van der Waals surface area contributed by atoms with E-state index in [0.717, 1.165) is 5.69 Å². The van der Waals surface area contributed by atoms with Crippen molar-refractivity contribution in [2.75, 3.05) is 5.32 Å². The third-order valence-electron chi connectivity index (χ3n) is 3.23. The highest BCUT2D eigenvalue weighted by molar-refractivity contribution is 6.03. The number of carbonyl (C=O) groups excluding carboxylic acids is 1. The van der Waals surface area contributed by atoms with Gasteiger partial charge in [-0.05, 0) is 25.0 Å². The fourth-order valence-corrected chi connectivity index (χ4v) is 1.94. The second-order valence-corrected chi connectivity index (χ2v) is 4.41. The van der Waals surface area contributed by atoms with Crippen LogP contribution in [-0.4, -0.2) is 26.3 Å². The van der Waals surface area contributed by atoms with E-state index in [2.05, 4.69) is 25.7 Å². The first-order chi connectivity index (χ1) is 8.83. The van der Waals surface area contributed by atoms with Crippen molar-refractivity contribution < 1.29 is 4.79 Å². The van der Waals surface area contributed by atoms with Gasteiger partial charge in [0, 0.05) is 17.8 Å². The molecule has 2 N–H and O–H groups in total. The lowest BCUT2D eigenvalue weighted by Gasteiger charge is -2.24. The van der Waals surface area contributed by atoms with Crippen LogP contribution in [0.4, 0.5) is 5.82 Å². The van der Waals surface area contributed by atoms with Gasteiger partial charge in [-0.15, -0.1) is 5.10 Å². The first-order valence-corrected chi connectivity index (χ1v) is 5.96. The predicted octanol–water partition coefficient (Wildman–Crippen LogP) is 1.72. The van der Waals surface area contributed by atoms with E-state index in [1.807, 2.05) is 6.07 Å². The van der Waals surface area contributed by atoms with Crippen LogP contribution >= 0.6 is 0 Å². The molecule has 0 aromatic carbocycles. The van der Waals surface area contributed by atoms with Crippen LogP contribution in [0.3, 0.4) is 0 Å². The number of H-pyrrole nitrogens is 1. The summed E-state index contributed by atoms with van der Waals surface area (Å²) in [5, 5.41) is 12.4. The zero-order valence-corrected chi connectivity index (χ0v) is 9.76. The molecule has 0 unspecified atom stereocenters. The van der Waals surface area contributed by atoms with Crippen molar-refractivity contribution in [1.82, 2.24) is 20.4 Å². The maximum Gasteiger partial charge on any atom is 0.258 e.